The van der Waals surface area contributed by atoms with Gasteiger partial charge in [0.25, 0.3) is 5.91 Å². The summed E-state index contributed by atoms with van der Waals surface area (Å²) >= 11 is 1.39. The maximum Gasteiger partial charge on any atom is 0.263 e. The molecule has 0 aliphatic carbocycles. The average molecular weight is 289 g/mol. The molecule has 0 aliphatic rings. The Bertz CT molecular complexity index is 592. The number of hydrogen-bond donors (Lipinski definition) is 1. The lowest BCUT2D eigenvalue weighted by Gasteiger charge is -2.16. The van der Waals surface area contributed by atoms with Crippen molar-refractivity contribution >= 4 is 17.2 Å². The third kappa shape index (κ3) is 3.22. The highest BCUT2D eigenvalue weighted by molar-refractivity contribution is 7.17. The van der Waals surface area contributed by atoms with Crippen LogP contribution in [-0.2, 0) is 0 Å². The van der Waals surface area contributed by atoms with Gasteiger partial charge in [-0.15, -0.1) is 11.3 Å². The molecule has 2 aromatic heterocycles. The standard InChI is InChI=1S/C15H19N3OS/c1-9(2)10(3)17-14(19)13-11(4)18-15(20-13)12-7-5-6-8-16-12/h5-10H,1-4H3,(H,17,19). The number of aryl methyl sites for hydroxylation is 1. The Morgan fingerprint density at radius 2 is 2.05 bits per heavy atom. The minimum Gasteiger partial charge on any atom is -0.349 e. The molecule has 0 radical (unpaired) electrons. The molecule has 0 aromatic carbocycles. The fraction of sp³-hybridized carbons (Fsp3) is 0.400. The Balaban J connectivity index is 2.22. The molecule has 1 N–H and O–H groups in total. The van der Waals surface area contributed by atoms with Gasteiger partial charge in [-0.25, -0.2) is 4.98 Å². The number of hydrogen-bond acceptors (Lipinski definition) is 4. The summed E-state index contributed by atoms with van der Waals surface area (Å²) in [6, 6.07) is 5.82. The highest BCUT2D eigenvalue weighted by Crippen LogP contribution is 2.26. The van der Waals surface area contributed by atoms with Gasteiger partial charge in [-0.1, -0.05) is 19.9 Å². The van der Waals surface area contributed by atoms with Crippen molar-refractivity contribution in [2.45, 2.75) is 33.7 Å². The minimum atomic E-state index is -0.0524. The molecule has 4 nitrogen and oxygen atoms in total. The lowest BCUT2D eigenvalue weighted by Crippen LogP contribution is -2.35. The second-order valence-electron chi connectivity index (χ2n) is 5.15. The zero-order valence-corrected chi connectivity index (χ0v) is 13.0. The van der Waals surface area contributed by atoms with Gasteiger partial charge in [0, 0.05) is 12.2 Å². The first-order valence-electron chi connectivity index (χ1n) is 6.68. The lowest BCUT2D eigenvalue weighted by atomic mass is 10.1. The molecule has 0 aliphatic heterocycles. The van der Waals surface area contributed by atoms with Crippen molar-refractivity contribution in [3.63, 3.8) is 0 Å². The zero-order valence-electron chi connectivity index (χ0n) is 12.2. The van der Waals surface area contributed by atoms with Crippen LogP contribution in [0.5, 0.6) is 0 Å². The van der Waals surface area contributed by atoms with Gasteiger partial charge in [-0.05, 0) is 31.9 Å². The number of nitrogens with one attached hydrogen (secondary N) is 1. The summed E-state index contributed by atoms with van der Waals surface area (Å²) in [5.74, 6) is 0.353. The van der Waals surface area contributed by atoms with Crippen molar-refractivity contribution in [2.24, 2.45) is 5.92 Å². The molecule has 20 heavy (non-hydrogen) atoms. The van der Waals surface area contributed by atoms with Gasteiger partial charge >= 0.3 is 0 Å². The lowest BCUT2D eigenvalue weighted by molar-refractivity contribution is 0.0934. The van der Waals surface area contributed by atoms with Crippen molar-refractivity contribution in [3.05, 3.63) is 35.0 Å². The predicted molar refractivity (Wildman–Crippen MR) is 81.8 cm³/mol. The molecular formula is C15H19N3OS. The molecule has 1 unspecified atom stereocenters. The SMILES string of the molecule is Cc1nc(-c2ccccn2)sc1C(=O)NC(C)C(C)C. The molecule has 1 amide bonds. The van der Waals surface area contributed by atoms with Crippen molar-refractivity contribution in [3.8, 4) is 10.7 Å². The third-order valence-electron chi connectivity index (χ3n) is 3.25. The smallest absolute Gasteiger partial charge is 0.263 e. The summed E-state index contributed by atoms with van der Waals surface area (Å²) in [7, 11) is 0. The van der Waals surface area contributed by atoms with Crippen LogP contribution >= 0.6 is 11.3 Å². The second kappa shape index (κ2) is 6.13. The van der Waals surface area contributed by atoms with Crippen molar-refractivity contribution < 1.29 is 4.79 Å². The van der Waals surface area contributed by atoms with Gasteiger partial charge in [-0.2, -0.15) is 0 Å². The van der Waals surface area contributed by atoms with Crippen LogP contribution in [0.1, 0.15) is 36.1 Å². The molecule has 106 valence electrons. The summed E-state index contributed by atoms with van der Waals surface area (Å²) in [4.78, 5) is 21.6. The first kappa shape index (κ1) is 14.7. The summed E-state index contributed by atoms with van der Waals surface area (Å²) < 4.78 is 0. The molecule has 5 heteroatoms. The number of pyridine rings is 1. The topological polar surface area (TPSA) is 54.9 Å². The van der Waals surface area contributed by atoms with E-state index >= 15 is 0 Å². The van der Waals surface area contributed by atoms with Crippen LogP contribution in [0.25, 0.3) is 10.7 Å². The van der Waals surface area contributed by atoms with E-state index in [-0.39, 0.29) is 11.9 Å². The molecule has 0 bridgehead atoms. The van der Waals surface area contributed by atoms with E-state index in [2.05, 4.69) is 29.1 Å². The molecule has 1 atom stereocenters. The number of amides is 1. The predicted octanol–water partition coefficient (Wildman–Crippen LogP) is 3.29. The normalized spacial score (nSPS) is 12.4. The van der Waals surface area contributed by atoms with Gasteiger partial charge in [-0.3, -0.25) is 9.78 Å². The molecular weight excluding hydrogens is 270 g/mol. The Kier molecular flexibility index (Phi) is 4.49. The van der Waals surface area contributed by atoms with Gasteiger partial charge in [0.15, 0.2) is 0 Å². The molecule has 2 rings (SSSR count). The summed E-state index contributed by atoms with van der Waals surface area (Å²) in [5, 5.41) is 3.80. The van der Waals surface area contributed by atoms with E-state index in [1.807, 2.05) is 32.0 Å². The number of aromatic nitrogens is 2. The van der Waals surface area contributed by atoms with Crippen molar-refractivity contribution in [1.29, 1.82) is 0 Å². The van der Waals surface area contributed by atoms with Gasteiger partial charge in [0.1, 0.15) is 9.88 Å². The monoisotopic (exact) mass is 289 g/mol. The zero-order chi connectivity index (χ0) is 14.7. The highest BCUT2D eigenvalue weighted by atomic mass is 32.1. The maximum atomic E-state index is 12.3. The molecule has 0 saturated heterocycles. The maximum absolute atomic E-state index is 12.3. The van der Waals surface area contributed by atoms with Crippen LogP contribution in [0.15, 0.2) is 24.4 Å². The summed E-state index contributed by atoms with van der Waals surface area (Å²) in [5.41, 5.74) is 1.56. The van der Waals surface area contributed by atoms with Crippen LogP contribution in [-0.4, -0.2) is 21.9 Å². The van der Waals surface area contributed by atoms with Gasteiger partial charge in [0.2, 0.25) is 0 Å². The first-order valence-corrected chi connectivity index (χ1v) is 7.50. The Morgan fingerprint density at radius 1 is 1.30 bits per heavy atom. The number of carbonyl (C=O) groups is 1. The average Bonchev–Trinajstić information content (AvgIpc) is 2.81. The number of nitrogens with zero attached hydrogens (tertiary/aromatic N) is 2. The fourth-order valence-electron chi connectivity index (χ4n) is 1.64. The van der Waals surface area contributed by atoms with Crippen LogP contribution in [0.4, 0.5) is 0 Å². The molecule has 0 saturated carbocycles. The molecule has 0 fully saturated rings. The van der Waals surface area contributed by atoms with E-state index in [0.29, 0.717) is 10.8 Å². The highest BCUT2D eigenvalue weighted by Gasteiger charge is 2.19. The molecule has 2 aromatic rings. The minimum absolute atomic E-state index is 0.0524. The quantitative estimate of drug-likeness (QED) is 0.939. The Hall–Kier alpha value is -1.75. The van der Waals surface area contributed by atoms with E-state index in [0.717, 1.165) is 16.4 Å². The van der Waals surface area contributed by atoms with E-state index in [1.165, 1.54) is 11.3 Å². The van der Waals surface area contributed by atoms with E-state index in [9.17, 15) is 4.79 Å². The summed E-state index contributed by atoms with van der Waals surface area (Å²) in [6.07, 6.45) is 1.73. The van der Waals surface area contributed by atoms with Gasteiger partial charge in [0.05, 0.1) is 11.4 Å². The van der Waals surface area contributed by atoms with Crippen LogP contribution in [0.2, 0.25) is 0 Å². The van der Waals surface area contributed by atoms with Crippen LogP contribution in [0, 0.1) is 12.8 Å². The van der Waals surface area contributed by atoms with Crippen molar-refractivity contribution in [1.82, 2.24) is 15.3 Å². The number of carbonyl (C=O) groups excluding carboxylic acids is 1. The first-order chi connectivity index (χ1) is 9.49. The molecule has 0 spiro atoms. The number of thiazole rings is 1. The van der Waals surface area contributed by atoms with Gasteiger partial charge < -0.3 is 5.32 Å². The fourth-order valence-corrected chi connectivity index (χ4v) is 2.59. The van der Waals surface area contributed by atoms with E-state index in [1.54, 1.807) is 6.20 Å². The number of rotatable bonds is 4. The van der Waals surface area contributed by atoms with Crippen LogP contribution < -0.4 is 5.32 Å². The van der Waals surface area contributed by atoms with E-state index < -0.39 is 0 Å². The third-order valence-corrected chi connectivity index (χ3v) is 4.42. The Morgan fingerprint density at radius 3 is 2.65 bits per heavy atom. The van der Waals surface area contributed by atoms with E-state index in [4.69, 9.17) is 0 Å². The molecule has 2 heterocycles. The summed E-state index contributed by atoms with van der Waals surface area (Å²) in [6.45, 7) is 8.05. The Labute approximate surface area is 123 Å². The van der Waals surface area contributed by atoms with Crippen LogP contribution in [0.3, 0.4) is 0 Å². The second-order valence-corrected chi connectivity index (χ2v) is 6.15. The van der Waals surface area contributed by atoms with Crippen molar-refractivity contribution in [2.75, 3.05) is 0 Å². The largest absolute Gasteiger partial charge is 0.349 e.